The van der Waals surface area contributed by atoms with Crippen molar-refractivity contribution < 1.29 is 0 Å². The number of fused-ring (bicyclic) bond motifs is 1. The summed E-state index contributed by atoms with van der Waals surface area (Å²) in [4.78, 5) is 2.56. The van der Waals surface area contributed by atoms with Crippen LogP contribution in [-0.2, 0) is 6.42 Å². The lowest BCUT2D eigenvalue weighted by molar-refractivity contribution is 0.242. The maximum Gasteiger partial charge on any atom is 0.0355 e. The number of halogens is 1. The molecule has 86 valence electrons. The van der Waals surface area contributed by atoms with Crippen LogP contribution in [0.1, 0.15) is 30.0 Å². The molecule has 1 aromatic carbocycles. The highest BCUT2D eigenvalue weighted by molar-refractivity contribution is 9.10. The van der Waals surface area contributed by atoms with Crippen LogP contribution in [0.25, 0.3) is 0 Å². The fourth-order valence-electron chi connectivity index (χ4n) is 3.07. The second-order valence-corrected chi connectivity index (χ2v) is 5.76. The van der Waals surface area contributed by atoms with Crippen molar-refractivity contribution in [3.05, 3.63) is 33.8 Å². The Morgan fingerprint density at radius 1 is 1.31 bits per heavy atom. The predicted molar refractivity (Wildman–Crippen MR) is 69.4 cm³/mol. The number of hydrogen-bond acceptors (Lipinski definition) is 2. The molecule has 1 aliphatic heterocycles. The Balaban J connectivity index is 1.89. The van der Waals surface area contributed by atoms with Crippen LogP contribution in [0.3, 0.4) is 0 Å². The molecule has 0 bridgehead atoms. The van der Waals surface area contributed by atoms with Gasteiger partial charge in [0.1, 0.15) is 0 Å². The summed E-state index contributed by atoms with van der Waals surface area (Å²) in [6.45, 7) is 2.23. The van der Waals surface area contributed by atoms with Gasteiger partial charge < -0.3 is 5.73 Å². The molecule has 1 saturated heterocycles. The highest BCUT2D eigenvalue weighted by atomic mass is 79.9. The Bertz CT molecular complexity index is 405. The smallest absolute Gasteiger partial charge is 0.0355 e. The van der Waals surface area contributed by atoms with Gasteiger partial charge in [0.2, 0.25) is 0 Å². The SMILES string of the molecule is NC1CCN(C2CCc3c(Br)cccc32)C1. The first-order valence-electron chi connectivity index (χ1n) is 6.02. The van der Waals surface area contributed by atoms with Gasteiger partial charge in [0.05, 0.1) is 0 Å². The van der Waals surface area contributed by atoms with E-state index < -0.39 is 0 Å². The predicted octanol–water partition coefficient (Wildman–Crippen LogP) is 2.47. The van der Waals surface area contributed by atoms with Crippen molar-refractivity contribution in [1.82, 2.24) is 4.90 Å². The van der Waals surface area contributed by atoms with E-state index in [4.69, 9.17) is 5.73 Å². The molecular formula is C13H17BrN2. The number of nitrogens with zero attached hydrogens (tertiary/aromatic N) is 1. The summed E-state index contributed by atoms with van der Waals surface area (Å²) in [7, 11) is 0. The van der Waals surface area contributed by atoms with E-state index in [0.717, 1.165) is 19.5 Å². The number of rotatable bonds is 1. The summed E-state index contributed by atoms with van der Waals surface area (Å²) >= 11 is 3.65. The zero-order chi connectivity index (χ0) is 11.1. The Morgan fingerprint density at radius 3 is 2.94 bits per heavy atom. The van der Waals surface area contributed by atoms with Gasteiger partial charge in [-0.15, -0.1) is 0 Å². The molecule has 0 saturated carbocycles. The van der Waals surface area contributed by atoms with Gasteiger partial charge in [0.15, 0.2) is 0 Å². The zero-order valence-corrected chi connectivity index (χ0v) is 10.9. The molecular weight excluding hydrogens is 264 g/mol. The minimum Gasteiger partial charge on any atom is -0.326 e. The van der Waals surface area contributed by atoms with E-state index in [1.54, 1.807) is 0 Å². The van der Waals surface area contributed by atoms with Gasteiger partial charge in [-0.05, 0) is 36.5 Å². The molecule has 1 aliphatic carbocycles. The van der Waals surface area contributed by atoms with Gasteiger partial charge in [-0.25, -0.2) is 0 Å². The summed E-state index contributed by atoms with van der Waals surface area (Å²) in [5.41, 5.74) is 9.02. The van der Waals surface area contributed by atoms with Crippen molar-refractivity contribution in [2.75, 3.05) is 13.1 Å². The fraction of sp³-hybridized carbons (Fsp3) is 0.538. The first kappa shape index (κ1) is 10.8. The first-order chi connectivity index (χ1) is 7.75. The molecule has 0 amide bonds. The fourth-order valence-corrected chi connectivity index (χ4v) is 3.65. The number of likely N-dealkylation sites (tertiary alicyclic amines) is 1. The second-order valence-electron chi connectivity index (χ2n) is 4.91. The van der Waals surface area contributed by atoms with E-state index in [0.29, 0.717) is 12.1 Å². The van der Waals surface area contributed by atoms with Gasteiger partial charge in [0.25, 0.3) is 0 Å². The molecule has 3 rings (SSSR count). The quantitative estimate of drug-likeness (QED) is 0.857. The second kappa shape index (κ2) is 4.13. The third kappa shape index (κ3) is 1.71. The largest absolute Gasteiger partial charge is 0.326 e. The van der Waals surface area contributed by atoms with Crippen molar-refractivity contribution in [2.45, 2.75) is 31.3 Å². The maximum absolute atomic E-state index is 5.99. The maximum atomic E-state index is 5.99. The van der Waals surface area contributed by atoms with E-state index in [-0.39, 0.29) is 0 Å². The zero-order valence-electron chi connectivity index (χ0n) is 9.32. The minimum atomic E-state index is 0.385. The van der Waals surface area contributed by atoms with Crippen LogP contribution in [0.4, 0.5) is 0 Å². The summed E-state index contributed by atoms with van der Waals surface area (Å²) in [5.74, 6) is 0. The van der Waals surface area contributed by atoms with E-state index in [1.165, 1.54) is 28.4 Å². The van der Waals surface area contributed by atoms with Crippen molar-refractivity contribution >= 4 is 15.9 Å². The van der Waals surface area contributed by atoms with Gasteiger partial charge in [0, 0.05) is 29.6 Å². The van der Waals surface area contributed by atoms with Crippen molar-refractivity contribution in [3.8, 4) is 0 Å². The standard InChI is InChI=1S/C13H17BrN2/c14-12-3-1-2-11-10(12)4-5-13(11)16-7-6-9(15)8-16/h1-3,9,13H,4-8,15H2. The molecule has 2 N–H and O–H groups in total. The van der Waals surface area contributed by atoms with E-state index >= 15 is 0 Å². The lowest BCUT2D eigenvalue weighted by Crippen LogP contribution is -2.29. The van der Waals surface area contributed by atoms with Gasteiger partial charge in [-0.3, -0.25) is 4.90 Å². The summed E-state index contributed by atoms with van der Waals surface area (Å²) in [6.07, 6.45) is 3.61. The molecule has 0 aromatic heterocycles. The Hall–Kier alpha value is -0.380. The highest BCUT2D eigenvalue weighted by Crippen LogP contribution is 2.40. The van der Waals surface area contributed by atoms with Crippen molar-refractivity contribution in [2.24, 2.45) is 5.73 Å². The molecule has 2 unspecified atom stereocenters. The molecule has 2 nitrogen and oxygen atoms in total. The van der Waals surface area contributed by atoms with Crippen molar-refractivity contribution in [1.29, 1.82) is 0 Å². The number of hydrogen-bond donors (Lipinski definition) is 1. The van der Waals surface area contributed by atoms with E-state index in [1.807, 2.05) is 0 Å². The molecule has 0 radical (unpaired) electrons. The van der Waals surface area contributed by atoms with Crippen LogP contribution in [0, 0.1) is 0 Å². The van der Waals surface area contributed by atoms with Gasteiger partial charge in [-0.2, -0.15) is 0 Å². The normalized spacial score (nSPS) is 29.6. The van der Waals surface area contributed by atoms with E-state index in [2.05, 4.69) is 39.0 Å². The average Bonchev–Trinajstić information content (AvgIpc) is 2.84. The average molecular weight is 281 g/mol. The van der Waals surface area contributed by atoms with Crippen LogP contribution < -0.4 is 5.73 Å². The van der Waals surface area contributed by atoms with Crippen LogP contribution >= 0.6 is 15.9 Å². The van der Waals surface area contributed by atoms with Gasteiger partial charge in [-0.1, -0.05) is 28.1 Å². The molecule has 2 atom stereocenters. The van der Waals surface area contributed by atoms with Crippen molar-refractivity contribution in [3.63, 3.8) is 0 Å². The Labute approximate surface area is 105 Å². The molecule has 16 heavy (non-hydrogen) atoms. The van der Waals surface area contributed by atoms with Crippen LogP contribution in [0.2, 0.25) is 0 Å². The first-order valence-corrected chi connectivity index (χ1v) is 6.82. The Kier molecular flexibility index (Phi) is 2.78. The molecule has 1 fully saturated rings. The van der Waals surface area contributed by atoms with Crippen LogP contribution in [-0.4, -0.2) is 24.0 Å². The lowest BCUT2D eigenvalue weighted by atomic mass is 10.1. The monoisotopic (exact) mass is 280 g/mol. The summed E-state index contributed by atoms with van der Waals surface area (Å²) in [5, 5.41) is 0. The molecule has 1 aromatic rings. The molecule has 3 heteroatoms. The molecule has 1 heterocycles. The highest BCUT2D eigenvalue weighted by Gasteiger charge is 2.32. The molecule has 2 aliphatic rings. The number of nitrogens with two attached hydrogens (primary N) is 1. The Morgan fingerprint density at radius 2 is 2.19 bits per heavy atom. The third-order valence-electron chi connectivity index (χ3n) is 3.88. The van der Waals surface area contributed by atoms with Gasteiger partial charge >= 0.3 is 0 Å². The minimum absolute atomic E-state index is 0.385. The third-order valence-corrected chi connectivity index (χ3v) is 4.62. The number of benzene rings is 1. The molecule has 0 spiro atoms. The topological polar surface area (TPSA) is 29.3 Å². The van der Waals surface area contributed by atoms with Crippen LogP contribution in [0.5, 0.6) is 0 Å². The van der Waals surface area contributed by atoms with Crippen LogP contribution in [0.15, 0.2) is 22.7 Å². The van der Waals surface area contributed by atoms with E-state index in [9.17, 15) is 0 Å². The lowest BCUT2D eigenvalue weighted by Gasteiger charge is -2.24. The summed E-state index contributed by atoms with van der Waals surface area (Å²) in [6, 6.07) is 7.58. The summed E-state index contributed by atoms with van der Waals surface area (Å²) < 4.78 is 1.27.